The molecule has 0 aliphatic carbocycles. The van der Waals surface area contributed by atoms with Crippen molar-refractivity contribution < 1.29 is 28.2 Å². The fourth-order valence-corrected chi connectivity index (χ4v) is 4.28. The van der Waals surface area contributed by atoms with Crippen molar-refractivity contribution in [3.05, 3.63) is 88.1 Å². The molecule has 8 nitrogen and oxygen atoms in total. The number of ether oxygens (including phenoxy) is 4. The van der Waals surface area contributed by atoms with E-state index in [9.17, 15) is 9.59 Å². The van der Waals surface area contributed by atoms with E-state index in [0.29, 0.717) is 39.9 Å². The van der Waals surface area contributed by atoms with E-state index < -0.39 is 23.0 Å². The maximum Gasteiger partial charge on any atom is 0.409 e. The summed E-state index contributed by atoms with van der Waals surface area (Å²) >= 11 is 0. The number of rotatable bonds is 4. The monoisotopic (exact) mass is 555 g/mol. The van der Waals surface area contributed by atoms with Crippen molar-refractivity contribution in [2.75, 3.05) is 13.2 Å². The molecule has 0 unspecified atom stereocenters. The van der Waals surface area contributed by atoms with Crippen LogP contribution in [0.1, 0.15) is 45.7 Å². The molecule has 1 amide bonds. The highest BCUT2D eigenvalue weighted by molar-refractivity contribution is 5.90. The van der Waals surface area contributed by atoms with Crippen molar-refractivity contribution in [2.45, 2.75) is 58.2 Å². The van der Waals surface area contributed by atoms with E-state index in [-0.39, 0.29) is 18.6 Å². The first kappa shape index (κ1) is 28.2. The molecule has 0 saturated carbocycles. The zero-order valence-corrected chi connectivity index (χ0v) is 23.8. The van der Waals surface area contributed by atoms with Crippen LogP contribution in [0.15, 0.2) is 75.9 Å². The van der Waals surface area contributed by atoms with Gasteiger partial charge in [0.15, 0.2) is 11.3 Å². The Bertz CT molecular complexity index is 1690. The number of carbonyl (C=O) groups is 1. The Hall–Kier alpha value is -4.32. The highest BCUT2D eigenvalue weighted by Crippen LogP contribution is 2.26. The molecule has 8 heteroatoms. The summed E-state index contributed by atoms with van der Waals surface area (Å²) < 4.78 is 29.2. The van der Waals surface area contributed by atoms with E-state index in [1.807, 2.05) is 30.3 Å². The second kappa shape index (κ2) is 10.9. The maximum atomic E-state index is 13.2. The van der Waals surface area contributed by atoms with Gasteiger partial charge in [-0.25, -0.2) is 4.79 Å². The van der Waals surface area contributed by atoms with E-state index >= 15 is 0 Å². The van der Waals surface area contributed by atoms with Crippen LogP contribution in [0.3, 0.4) is 0 Å². The molecule has 0 atom stereocenters. The molecule has 0 radical (unpaired) electrons. The lowest BCUT2D eigenvalue weighted by Gasteiger charge is -2.41. The molecule has 2 heterocycles. The number of amides is 1. The van der Waals surface area contributed by atoms with Gasteiger partial charge in [-0.2, -0.15) is 0 Å². The van der Waals surface area contributed by atoms with Crippen molar-refractivity contribution in [3.8, 4) is 17.6 Å². The summed E-state index contributed by atoms with van der Waals surface area (Å²) in [5.41, 5.74) is 0.466. The van der Waals surface area contributed by atoms with Crippen molar-refractivity contribution >= 4 is 28.0 Å². The predicted octanol–water partition coefficient (Wildman–Crippen LogP) is 5.92. The van der Waals surface area contributed by atoms with Gasteiger partial charge in [0.25, 0.3) is 0 Å². The molecular weight excluding hydrogens is 522 g/mol. The Labute approximate surface area is 238 Å². The largest absolute Gasteiger partial charge is 0.489 e. The van der Waals surface area contributed by atoms with Gasteiger partial charge in [-0.15, -0.1) is 0 Å². The summed E-state index contributed by atoms with van der Waals surface area (Å²) in [5.74, 6) is 5.99. The first-order chi connectivity index (χ1) is 19.4. The van der Waals surface area contributed by atoms with Crippen LogP contribution in [0.4, 0.5) is 4.79 Å². The zero-order valence-electron chi connectivity index (χ0n) is 23.8. The Balaban J connectivity index is 1.44. The molecule has 41 heavy (non-hydrogen) atoms. The van der Waals surface area contributed by atoms with Crippen LogP contribution < -0.4 is 15.5 Å². The van der Waals surface area contributed by atoms with Gasteiger partial charge in [0.05, 0.1) is 24.0 Å². The third-order valence-electron chi connectivity index (χ3n) is 6.41. The lowest BCUT2D eigenvalue weighted by molar-refractivity contribution is -0.262. The van der Waals surface area contributed by atoms with Crippen molar-refractivity contribution in [2.24, 2.45) is 0 Å². The standard InChI is InChI=1S/C33H33NO7/c1-31(2,3)41-30(36)34-33(20-38-32(4,5)39-21-33)16-15-22-11-13-25-27(17-22)40-28-18-24(12-14-26(28)29(25)35)37-19-23-9-7-6-8-10-23/h6-14,17-18H,19-21H2,1-5H3,(H,34,36). The van der Waals surface area contributed by atoms with Crippen LogP contribution in [0.2, 0.25) is 0 Å². The van der Waals surface area contributed by atoms with Crippen LogP contribution in [-0.2, 0) is 20.8 Å². The fraction of sp³-hybridized carbons (Fsp3) is 0.333. The summed E-state index contributed by atoms with van der Waals surface area (Å²) in [4.78, 5) is 25.8. The van der Waals surface area contributed by atoms with Crippen molar-refractivity contribution in [1.29, 1.82) is 0 Å². The number of nitrogens with one attached hydrogen (secondary N) is 1. The van der Waals surface area contributed by atoms with E-state index in [1.165, 1.54) is 0 Å². The van der Waals surface area contributed by atoms with Crippen LogP contribution in [-0.4, -0.2) is 36.2 Å². The van der Waals surface area contributed by atoms with E-state index in [0.717, 1.165) is 5.56 Å². The second-order valence-electron chi connectivity index (χ2n) is 11.5. The first-order valence-electron chi connectivity index (χ1n) is 13.4. The molecule has 5 rings (SSSR count). The van der Waals surface area contributed by atoms with Gasteiger partial charge in [-0.05, 0) is 70.5 Å². The Kier molecular flexibility index (Phi) is 7.52. The van der Waals surface area contributed by atoms with Gasteiger partial charge in [-0.3, -0.25) is 4.79 Å². The number of alkyl carbamates (subject to hydrolysis) is 1. The number of fused-ring (bicyclic) bond motifs is 2. The highest BCUT2D eigenvalue weighted by Gasteiger charge is 2.41. The Morgan fingerprint density at radius 1 is 0.951 bits per heavy atom. The average molecular weight is 556 g/mol. The number of carbonyl (C=O) groups excluding carboxylic acids is 1. The molecule has 4 aromatic rings. The topological polar surface area (TPSA) is 96.2 Å². The molecule has 1 aromatic heterocycles. The quantitative estimate of drug-likeness (QED) is 0.247. The van der Waals surface area contributed by atoms with Crippen LogP contribution in [0.25, 0.3) is 21.9 Å². The molecule has 1 N–H and O–H groups in total. The molecule has 1 saturated heterocycles. The minimum absolute atomic E-state index is 0.102. The molecule has 212 valence electrons. The van der Waals surface area contributed by atoms with E-state index in [4.69, 9.17) is 23.4 Å². The normalized spacial score (nSPS) is 16.0. The number of hydrogen-bond acceptors (Lipinski definition) is 7. The SMILES string of the molecule is CC(C)(C)OC(=O)NC1(C#Cc2ccc3c(=O)c4ccc(OCc5ccccc5)cc4oc3c2)COC(C)(C)OC1. The summed E-state index contributed by atoms with van der Waals surface area (Å²) in [6.45, 7) is 9.55. The number of hydrogen-bond donors (Lipinski definition) is 1. The molecular formula is C33H33NO7. The summed E-state index contributed by atoms with van der Waals surface area (Å²) in [6, 6.07) is 20.2. The lowest BCUT2D eigenvalue weighted by Crippen LogP contribution is -2.60. The van der Waals surface area contributed by atoms with Gasteiger partial charge in [0.2, 0.25) is 5.43 Å². The third kappa shape index (κ3) is 6.88. The maximum absolute atomic E-state index is 13.2. The molecule has 0 spiro atoms. The van der Waals surface area contributed by atoms with Crippen LogP contribution in [0.5, 0.6) is 5.75 Å². The Morgan fingerprint density at radius 3 is 2.29 bits per heavy atom. The van der Waals surface area contributed by atoms with Crippen molar-refractivity contribution in [3.63, 3.8) is 0 Å². The second-order valence-corrected chi connectivity index (χ2v) is 11.5. The van der Waals surface area contributed by atoms with Crippen LogP contribution in [0, 0.1) is 11.8 Å². The highest BCUT2D eigenvalue weighted by atomic mass is 16.7. The molecule has 3 aromatic carbocycles. The summed E-state index contributed by atoms with van der Waals surface area (Å²) in [6.07, 6.45) is -0.625. The summed E-state index contributed by atoms with van der Waals surface area (Å²) in [5, 5.41) is 3.72. The zero-order chi connectivity index (χ0) is 29.3. The van der Waals surface area contributed by atoms with Gasteiger partial charge in [0.1, 0.15) is 29.1 Å². The van der Waals surface area contributed by atoms with Gasteiger partial charge < -0.3 is 28.7 Å². The van der Waals surface area contributed by atoms with Gasteiger partial charge in [-0.1, -0.05) is 42.2 Å². The summed E-state index contributed by atoms with van der Waals surface area (Å²) in [7, 11) is 0. The lowest BCUT2D eigenvalue weighted by atomic mass is 10.00. The smallest absolute Gasteiger partial charge is 0.409 e. The van der Waals surface area contributed by atoms with Crippen LogP contribution >= 0.6 is 0 Å². The van der Waals surface area contributed by atoms with Gasteiger partial charge in [0, 0.05) is 11.6 Å². The molecule has 1 fully saturated rings. The minimum atomic E-state index is -1.14. The predicted molar refractivity (Wildman–Crippen MR) is 156 cm³/mol. The molecule has 0 bridgehead atoms. The van der Waals surface area contributed by atoms with E-state index in [1.54, 1.807) is 71.0 Å². The molecule has 1 aliphatic rings. The Morgan fingerprint density at radius 2 is 1.61 bits per heavy atom. The fourth-order valence-electron chi connectivity index (χ4n) is 4.28. The van der Waals surface area contributed by atoms with Crippen molar-refractivity contribution in [1.82, 2.24) is 5.32 Å². The first-order valence-corrected chi connectivity index (χ1v) is 13.4. The van der Waals surface area contributed by atoms with Gasteiger partial charge >= 0.3 is 6.09 Å². The average Bonchev–Trinajstić information content (AvgIpc) is 2.92. The number of benzene rings is 3. The minimum Gasteiger partial charge on any atom is -0.489 e. The molecule has 1 aliphatic heterocycles. The third-order valence-corrected chi connectivity index (χ3v) is 6.41. The van der Waals surface area contributed by atoms with E-state index in [2.05, 4.69) is 17.2 Å².